The van der Waals surface area contributed by atoms with E-state index in [2.05, 4.69) is 17.3 Å². The number of imide groups is 1. The normalized spacial score (nSPS) is 29.7. The lowest BCUT2D eigenvalue weighted by Gasteiger charge is -2.37. The SMILES string of the molecule is CCOc1cc(/C=N\N2C(=O)[C@@H]3[C@@H](C2=O)[C@H]2C=C[C@H]3CC2)cc(I)c1O. The van der Waals surface area contributed by atoms with Crippen molar-refractivity contribution in [2.45, 2.75) is 19.8 Å². The minimum Gasteiger partial charge on any atom is -0.504 e. The van der Waals surface area contributed by atoms with Gasteiger partial charge in [0.25, 0.3) is 11.8 Å². The summed E-state index contributed by atoms with van der Waals surface area (Å²) in [6.45, 7) is 2.26. The highest BCUT2D eigenvalue weighted by molar-refractivity contribution is 14.1. The number of halogens is 1. The van der Waals surface area contributed by atoms with Gasteiger partial charge in [-0.1, -0.05) is 12.2 Å². The predicted octanol–water partition coefficient (Wildman–Crippen LogP) is 2.93. The lowest BCUT2D eigenvalue weighted by molar-refractivity contribution is -0.140. The molecule has 136 valence electrons. The van der Waals surface area contributed by atoms with Crippen LogP contribution in [0.4, 0.5) is 0 Å². The molecule has 0 radical (unpaired) electrons. The Morgan fingerprint density at radius 1 is 1.23 bits per heavy atom. The average Bonchev–Trinajstić information content (AvgIpc) is 2.91. The lowest BCUT2D eigenvalue weighted by Crippen LogP contribution is -2.38. The van der Waals surface area contributed by atoms with E-state index in [9.17, 15) is 14.7 Å². The third-order valence-electron chi connectivity index (χ3n) is 5.41. The van der Waals surface area contributed by atoms with Crippen LogP contribution in [0.5, 0.6) is 11.5 Å². The van der Waals surface area contributed by atoms with Gasteiger partial charge in [-0.2, -0.15) is 10.1 Å². The Balaban J connectivity index is 1.60. The highest BCUT2D eigenvalue weighted by atomic mass is 127. The number of benzene rings is 1. The molecule has 4 atom stereocenters. The number of phenols is 1. The molecular formula is C19H19IN2O4. The lowest BCUT2D eigenvalue weighted by atomic mass is 9.63. The van der Waals surface area contributed by atoms with Gasteiger partial charge < -0.3 is 9.84 Å². The second-order valence-corrected chi connectivity index (χ2v) is 8.02. The van der Waals surface area contributed by atoms with Gasteiger partial charge in [0, 0.05) is 0 Å². The maximum Gasteiger partial charge on any atom is 0.254 e. The monoisotopic (exact) mass is 466 g/mol. The maximum atomic E-state index is 12.7. The second kappa shape index (κ2) is 6.68. The summed E-state index contributed by atoms with van der Waals surface area (Å²) in [5, 5.41) is 15.2. The van der Waals surface area contributed by atoms with Crippen LogP contribution in [-0.2, 0) is 9.59 Å². The Bertz CT molecular complexity index is 803. The number of nitrogens with zero attached hydrogens (tertiary/aromatic N) is 2. The van der Waals surface area contributed by atoms with Crippen LogP contribution in [0.1, 0.15) is 25.3 Å². The van der Waals surface area contributed by atoms with E-state index in [1.54, 1.807) is 12.1 Å². The Kier molecular flexibility index (Phi) is 4.50. The van der Waals surface area contributed by atoms with Crippen molar-refractivity contribution in [2.75, 3.05) is 6.61 Å². The van der Waals surface area contributed by atoms with Gasteiger partial charge >= 0.3 is 0 Å². The van der Waals surface area contributed by atoms with Crippen LogP contribution in [0.3, 0.4) is 0 Å². The molecule has 1 saturated carbocycles. The molecule has 3 aliphatic carbocycles. The van der Waals surface area contributed by atoms with Crippen molar-refractivity contribution in [3.05, 3.63) is 33.4 Å². The van der Waals surface area contributed by atoms with Crippen molar-refractivity contribution >= 4 is 40.6 Å². The van der Waals surface area contributed by atoms with E-state index in [-0.39, 0.29) is 41.2 Å². The largest absolute Gasteiger partial charge is 0.504 e. The zero-order chi connectivity index (χ0) is 18.4. The summed E-state index contributed by atoms with van der Waals surface area (Å²) in [6.07, 6.45) is 7.58. The van der Waals surface area contributed by atoms with Gasteiger partial charge in [-0.25, -0.2) is 0 Å². The summed E-state index contributed by atoms with van der Waals surface area (Å²) in [7, 11) is 0. The fourth-order valence-electron chi connectivity index (χ4n) is 4.23. The molecule has 4 aliphatic rings. The van der Waals surface area contributed by atoms with Gasteiger partial charge in [-0.3, -0.25) is 9.59 Å². The van der Waals surface area contributed by atoms with E-state index in [1.165, 1.54) is 6.21 Å². The van der Waals surface area contributed by atoms with Gasteiger partial charge in [-0.05, 0) is 71.9 Å². The number of amides is 2. The predicted molar refractivity (Wildman–Crippen MR) is 104 cm³/mol. The Labute approximate surface area is 165 Å². The molecule has 6 nitrogen and oxygen atoms in total. The van der Waals surface area contributed by atoms with E-state index in [0.29, 0.717) is 21.5 Å². The number of allylic oxidation sites excluding steroid dienone is 2. The summed E-state index contributed by atoms with van der Waals surface area (Å²) in [6, 6.07) is 3.37. The van der Waals surface area contributed by atoms with E-state index in [4.69, 9.17) is 4.74 Å². The molecule has 1 heterocycles. The minimum atomic E-state index is -0.262. The number of aromatic hydroxyl groups is 1. The van der Waals surface area contributed by atoms with Crippen LogP contribution >= 0.6 is 22.6 Å². The number of carbonyl (C=O) groups is 2. The zero-order valence-electron chi connectivity index (χ0n) is 14.3. The summed E-state index contributed by atoms with van der Waals surface area (Å²) >= 11 is 2.00. The summed E-state index contributed by atoms with van der Waals surface area (Å²) in [5.74, 6) is -0.184. The topological polar surface area (TPSA) is 79.2 Å². The van der Waals surface area contributed by atoms with Crippen LogP contribution in [0.2, 0.25) is 0 Å². The van der Waals surface area contributed by atoms with Crippen LogP contribution in [0.15, 0.2) is 29.4 Å². The Morgan fingerprint density at radius 3 is 2.38 bits per heavy atom. The van der Waals surface area contributed by atoms with Gasteiger partial charge in [0.1, 0.15) is 0 Å². The van der Waals surface area contributed by atoms with E-state index >= 15 is 0 Å². The third kappa shape index (κ3) is 2.72. The van der Waals surface area contributed by atoms with E-state index < -0.39 is 0 Å². The van der Waals surface area contributed by atoms with Gasteiger partial charge in [0.15, 0.2) is 11.5 Å². The number of hydrogen-bond donors (Lipinski definition) is 1. The maximum absolute atomic E-state index is 12.7. The molecule has 7 heteroatoms. The molecule has 0 aromatic heterocycles. The van der Waals surface area contributed by atoms with Crippen LogP contribution in [0, 0.1) is 27.2 Å². The van der Waals surface area contributed by atoms with Gasteiger partial charge in [0.2, 0.25) is 0 Å². The number of phenolic OH excluding ortho intramolecular Hbond substituents is 1. The fraction of sp³-hybridized carbons (Fsp3) is 0.421. The first kappa shape index (κ1) is 17.5. The standard InChI is InChI=1S/C19H19IN2O4/c1-2-26-14-8-10(7-13(20)17(14)23)9-21-22-18(24)15-11-3-4-12(6-5-11)16(15)19(22)25/h3-4,7-9,11-12,15-16,23H,2,5-6H2,1H3/b21-9-/t11-,12-,15-,16-/m0/s1. The quantitative estimate of drug-likeness (QED) is 0.321. The summed E-state index contributed by atoms with van der Waals surface area (Å²) in [5.41, 5.74) is 0.659. The van der Waals surface area contributed by atoms with Crippen LogP contribution in [0.25, 0.3) is 0 Å². The fourth-order valence-corrected chi connectivity index (χ4v) is 4.86. The van der Waals surface area contributed by atoms with Crippen molar-refractivity contribution in [2.24, 2.45) is 28.8 Å². The van der Waals surface area contributed by atoms with Gasteiger partial charge in [0.05, 0.1) is 28.2 Å². The molecule has 1 aromatic carbocycles. The summed E-state index contributed by atoms with van der Waals surface area (Å²) < 4.78 is 6.03. The van der Waals surface area contributed by atoms with Crippen molar-refractivity contribution in [3.63, 3.8) is 0 Å². The van der Waals surface area contributed by atoms with Crippen molar-refractivity contribution < 1.29 is 19.4 Å². The molecule has 26 heavy (non-hydrogen) atoms. The molecular weight excluding hydrogens is 447 g/mol. The third-order valence-corrected chi connectivity index (χ3v) is 6.23. The number of hydrazone groups is 1. The van der Waals surface area contributed by atoms with Crippen molar-refractivity contribution in [1.29, 1.82) is 0 Å². The van der Waals surface area contributed by atoms with E-state index in [0.717, 1.165) is 17.9 Å². The smallest absolute Gasteiger partial charge is 0.254 e. The molecule has 1 aromatic rings. The first-order valence-corrected chi connectivity index (χ1v) is 9.84. The molecule has 2 bridgehead atoms. The average molecular weight is 466 g/mol. The highest BCUT2D eigenvalue weighted by Gasteiger charge is 2.56. The number of rotatable bonds is 4. The molecule has 2 amide bonds. The van der Waals surface area contributed by atoms with Crippen molar-refractivity contribution in [1.82, 2.24) is 5.01 Å². The number of fused-ring (bicyclic) bond motifs is 1. The molecule has 0 spiro atoms. The highest BCUT2D eigenvalue weighted by Crippen LogP contribution is 2.49. The first-order valence-electron chi connectivity index (χ1n) is 8.76. The first-order chi connectivity index (χ1) is 12.5. The minimum absolute atomic E-state index is 0.0756. The summed E-state index contributed by atoms with van der Waals surface area (Å²) in [4.78, 5) is 25.5. The number of hydrogen-bond acceptors (Lipinski definition) is 5. The van der Waals surface area contributed by atoms with Gasteiger partial charge in [-0.15, -0.1) is 0 Å². The number of carbonyl (C=O) groups excluding carboxylic acids is 2. The van der Waals surface area contributed by atoms with Crippen LogP contribution in [-0.4, -0.2) is 34.8 Å². The molecule has 5 rings (SSSR count). The second-order valence-electron chi connectivity index (χ2n) is 6.86. The van der Waals surface area contributed by atoms with E-state index in [1.807, 2.05) is 29.5 Å². The molecule has 1 saturated heterocycles. The molecule has 1 aliphatic heterocycles. The molecule has 0 unspecified atom stereocenters. The Hall–Kier alpha value is -1.90. The van der Waals surface area contributed by atoms with Crippen molar-refractivity contribution in [3.8, 4) is 11.5 Å². The zero-order valence-corrected chi connectivity index (χ0v) is 16.4. The van der Waals surface area contributed by atoms with Crippen LogP contribution < -0.4 is 4.74 Å². The number of ether oxygens (including phenoxy) is 1. The molecule has 2 fully saturated rings. The Morgan fingerprint density at radius 2 is 1.85 bits per heavy atom. The molecule has 1 N–H and O–H groups in total.